The van der Waals surface area contributed by atoms with Crippen LogP contribution >= 0.6 is 11.6 Å². The van der Waals surface area contributed by atoms with E-state index in [0.29, 0.717) is 10.6 Å². The third-order valence-electron chi connectivity index (χ3n) is 1.67. The van der Waals surface area contributed by atoms with Gasteiger partial charge in [-0.25, -0.2) is 4.79 Å². The second kappa shape index (κ2) is 4.10. The molecular formula is C10H9ClO2. The number of hydrogen-bond acceptors (Lipinski definition) is 1. The maximum absolute atomic E-state index is 10.7. The van der Waals surface area contributed by atoms with E-state index in [4.69, 9.17) is 16.7 Å². The van der Waals surface area contributed by atoms with Gasteiger partial charge in [0.2, 0.25) is 0 Å². The summed E-state index contributed by atoms with van der Waals surface area (Å²) in [5.74, 6) is -0.926. The first-order valence-electron chi connectivity index (χ1n) is 3.80. The minimum Gasteiger partial charge on any atom is -0.478 e. The minimum atomic E-state index is -0.926. The number of hydrogen-bond donors (Lipinski definition) is 1. The number of carboxylic acid groups (broad SMARTS) is 1. The van der Waals surface area contributed by atoms with Crippen LogP contribution in [0.5, 0.6) is 0 Å². The Hall–Kier alpha value is -1.28. The summed E-state index contributed by atoms with van der Waals surface area (Å²) in [6.45, 7) is 1.69. The molecule has 0 saturated carbocycles. The molecule has 0 amide bonds. The standard InChI is InChI=1S/C10H9ClO2/c1-2-9(10(12)13)7-3-5-8(11)6-4-7/h2-6H,1H3,(H,12,13). The number of carboxylic acids is 1. The van der Waals surface area contributed by atoms with E-state index < -0.39 is 5.97 Å². The summed E-state index contributed by atoms with van der Waals surface area (Å²) in [7, 11) is 0. The molecule has 0 aliphatic carbocycles. The van der Waals surface area contributed by atoms with Gasteiger partial charge in [-0.2, -0.15) is 0 Å². The molecule has 0 unspecified atom stereocenters. The van der Waals surface area contributed by atoms with Crippen LogP contribution in [0, 0.1) is 0 Å². The summed E-state index contributed by atoms with van der Waals surface area (Å²) in [5.41, 5.74) is 0.955. The largest absolute Gasteiger partial charge is 0.478 e. The molecule has 0 saturated heterocycles. The van der Waals surface area contributed by atoms with Gasteiger partial charge in [-0.15, -0.1) is 0 Å². The van der Waals surface area contributed by atoms with Crippen molar-refractivity contribution in [2.75, 3.05) is 0 Å². The fourth-order valence-electron chi connectivity index (χ4n) is 1.04. The summed E-state index contributed by atoms with van der Waals surface area (Å²) in [6.07, 6.45) is 1.56. The van der Waals surface area contributed by atoms with E-state index in [-0.39, 0.29) is 5.57 Å². The molecule has 0 aliphatic heterocycles. The second-order valence-electron chi connectivity index (χ2n) is 2.51. The van der Waals surface area contributed by atoms with Crippen molar-refractivity contribution >= 4 is 23.1 Å². The van der Waals surface area contributed by atoms with Gasteiger partial charge in [0.25, 0.3) is 0 Å². The Morgan fingerprint density at radius 1 is 1.38 bits per heavy atom. The van der Waals surface area contributed by atoms with E-state index in [0.717, 1.165) is 0 Å². The highest BCUT2D eigenvalue weighted by atomic mass is 35.5. The van der Waals surface area contributed by atoms with Crippen LogP contribution in [-0.2, 0) is 4.79 Å². The number of halogens is 1. The van der Waals surface area contributed by atoms with Crippen molar-refractivity contribution in [3.8, 4) is 0 Å². The van der Waals surface area contributed by atoms with E-state index in [9.17, 15) is 4.79 Å². The molecule has 1 aromatic rings. The van der Waals surface area contributed by atoms with Crippen LogP contribution in [0.15, 0.2) is 30.3 Å². The molecule has 0 spiro atoms. The first-order chi connectivity index (χ1) is 6.15. The van der Waals surface area contributed by atoms with Gasteiger partial charge in [-0.05, 0) is 24.6 Å². The SMILES string of the molecule is CC=C(C(=O)O)c1ccc(Cl)cc1. The molecule has 0 radical (unpaired) electrons. The Labute approximate surface area is 81.5 Å². The molecule has 2 nitrogen and oxygen atoms in total. The molecule has 13 heavy (non-hydrogen) atoms. The number of carbonyl (C=O) groups is 1. The first kappa shape index (κ1) is 9.81. The molecule has 68 valence electrons. The molecule has 0 aromatic heterocycles. The highest BCUT2D eigenvalue weighted by Crippen LogP contribution is 2.17. The van der Waals surface area contributed by atoms with Crippen LogP contribution in [0.3, 0.4) is 0 Å². The lowest BCUT2D eigenvalue weighted by atomic mass is 10.1. The number of benzene rings is 1. The topological polar surface area (TPSA) is 37.3 Å². The normalized spacial score (nSPS) is 11.4. The second-order valence-corrected chi connectivity index (χ2v) is 2.95. The summed E-state index contributed by atoms with van der Waals surface area (Å²) < 4.78 is 0. The average molecular weight is 197 g/mol. The third-order valence-corrected chi connectivity index (χ3v) is 1.93. The lowest BCUT2D eigenvalue weighted by molar-refractivity contribution is -0.130. The van der Waals surface area contributed by atoms with E-state index >= 15 is 0 Å². The minimum absolute atomic E-state index is 0.289. The first-order valence-corrected chi connectivity index (χ1v) is 4.18. The quantitative estimate of drug-likeness (QED) is 0.739. The van der Waals surface area contributed by atoms with E-state index in [1.807, 2.05) is 0 Å². The van der Waals surface area contributed by atoms with E-state index in [2.05, 4.69) is 0 Å². The molecular weight excluding hydrogens is 188 g/mol. The Morgan fingerprint density at radius 2 is 1.92 bits per heavy atom. The Balaban J connectivity index is 3.07. The van der Waals surface area contributed by atoms with Crippen LogP contribution in [-0.4, -0.2) is 11.1 Å². The lowest BCUT2D eigenvalue weighted by Crippen LogP contribution is -1.98. The van der Waals surface area contributed by atoms with Crippen LogP contribution in [0.1, 0.15) is 12.5 Å². The smallest absolute Gasteiger partial charge is 0.335 e. The molecule has 1 aromatic carbocycles. The zero-order valence-electron chi connectivity index (χ0n) is 7.12. The van der Waals surface area contributed by atoms with E-state index in [1.54, 1.807) is 37.3 Å². The van der Waals surface area contributed by atoms with Crippen LogP contribution < -0.4 is 0 Å². The predicted molar refractivity (Wildman–Crippen MR) is 52.7 cm³/mol. The van der Waals surface area contributed by atoms with Gasteiger partial charge in [0.15, 0.2) is 0 Å². The maximum atomic E-state index is 10.7. The molecule has 0 aliphatic rings. The fraction of sp³-hybridized carbons (Fsp3) is 0.100. The van der Waals surface area contributed by atoms with Crippen LogP contribution in [0.25, 0.3) is 5.57 Å². The molecule has 3 heteroatoms. The maximum Gasteiger partial charge on any atom is 0.335 e. The Bertz CT molecular complexity index is 338. The van der Waals surface area contributed by atoms with Gasteiger partial charge >= 0.3 is 5.97 Å². The monoisotopic (exact) mass is 196 g/mol. The average Bonchev–Trinajstić information content (AvgIpc) is 2.09. The Morgan fingerprint density at radius 3 is 2.31 bits per heavy atom. The van der Waals surface area contributed by atoms with Crippen molar-refractivity contribution in [3.05, 3.63) is 40.9 Å². The Kier molecular flexibility index (Phi) is 3.09. The highest BCUT2D eigenvalue weighted by Gasteiger charge is 2.07. The van der Waals surface area contributed by atoms with Crippen molar-refractivity contribution in [3.63, 3.8) is 0 Å². The molecule has 1 N–H and O–H groups in total. The summed E-state index contributed by atoms with van der Waals surface area (Å²) in [4.78, 5) is 10.7. The molecule has 1 rings (SSSR count). The van der Waals surface area contributed by atoms with Crippen LogP contribution in [0.4, 0.5) is 0 Å². The molecule has 0 fully saturated rings. The van der Waals surface area contributed by atoms with Crippen molar-refractivity contribution in [2.24, 2.45) is 0 Å². The third kappa shape index (κ3) is 2.33. The summed E-state index contributed by atoms with van der Waals surface area (Å²) >= 11 is 5.67. The molecule has 0 atom stereocenters. The molecule has 0 heterocycles. The predicted octanol–water partition coefficient (Wildman–Crippen LogP) is 2.83. The number of aliphatic carboxylic acids is 1. The van der Waals surface area contributed by atoms with Crippen LogP contribution in [0.2, 0.25) is 5.02 Å². The fourth-order valence-corrected chi connectivity index (χ4v) is 1.17. The van der Waals surface area contributed by atoms with Gasteiger partial charge in [-0.1, -0.05) is 29.8 Å². The van der Waals surface area contributed by atoms with E-state index in [1.165, 1.54) is 0 Å². The number of rotatable bonds is 2. The van der Waals surface area contributed by atoms with Gasteiger partial charge in [0.1, 0.15) is 0 Å². The zero-order chi connectivity index (χ0) is 9.84. The lowest BCUT2D eigenvalue weighted by Gasteiger charge is -2.00. The molecule has 0 bridgehead atoms. The van der Waals surface area contributed by atoms with Gasteiger partial charge in [0.05, 0.1) is 5.57 Å². The number of allylic oxidation sites excluding steroid dienone is 1. The van der Waals surface area contributed by atoms with Gasteiger partial charge in [-0.3, -0.25) is 0 Å². The van der Waals surface area contributed by atoms with Crippen molar-refractivity contribution < 1.29 is 9.90 Å². The highest BCUT2D eigenvalue weighted by molar-refractivity contribution is 6.30. The van der Waals surface area contributed by atoms with Crippen molar-refractivity contribution in [1.29, 1.82) is 0 Å². The summed E-state index contributed by atoms with van der Waals surface area (Å²) in [6, 6.07) is 6.71. The summed E-state index contributed by atoms with van der Waals surface area (Å²) in [5, 5.41) is 9.40. The van der Waals surface area contributed by atoms with Crippen molar-refractivity contribution in [2.45, 2.75) is 6.92 Å². The van der Waals surface area contributed by atoms with Crippen molar-refractivity contribution in [1.82, 2.24) is 0 Å². The zero-order valence-corrected chi connectivity index (χ0v) is 7.88. The van der Waals surface area contributed by atoms with Gasteiger partial charge < -0.3 is 5.11 Å². The van der Waals surface area contributed by atoms with Gasteiger partial charge in [0, 0.05) is 5.02 Å².